The average Bonchev–Trinajstić information content (AvgIpc) is 2.89. The predicted molar refractivity (Wildman–Crippen MR) is 72.6 cm³/mol. The highest BCUT2D eigenvalue weighted by Crippen LogP contribution is 2.17. The first kappa shape index (κ1) is 13.0. The largest absolute Gasteiger partial charge is 0.379 e. The number of ether oxygens (including phenoxy) is 1. The highest BCUT2D eigenvalue weighted by molar-refractivity contribution is 7.10. The van der Waals surface area contributed by atoms with Crippen molar-refractivity contribution in [2.45, 2.75) is 19.4 Å². The first-order valence-electron chi connectivity index (χ1n) is 6.43. The summed E-state index contributed by atoms with van der Waals surface area (Å²) in [6.07, 6.45) is 1.22. The van der Waals surface area contributed by atoms with E-state index in [1.165, 1.54) is 17.8 Å². The van der Waals surface area contributed by atoms with Crippen LogP contribution in [0.15, 0.2) is 17.5 Å². The summed E-state index contributed by atoms with van der Waals surface area (Å²) in [4.78, 5) is 3.91. The minimum absolute atomic E-state index is 0.486. The third kappa shape index (κ3) is 4.39. The molecule has 2 rings (SSSR count). The van der Waals surface area contributed by atoms with E-state index in [2.05, 4.69) is 34.7 Å². The van der Waals surface area contributed by atoms with Gasteiger partial charge in [-0.15, -0.1) is 11.3 Å². The van der Waals surface area contributed by atoms with Crippen LogP contribution in [0.1, 0.15) is 24.3 Å². The van der Waals surface area contributed by atoms with Crippen molar-refractivity contribution >= 4 is 11.3 Å². The van der Waals surface area contributed by atoms with Crippen molar-refractivity contribution in [2.24, 2.45) is 0 Å². The van der Waals surface area contributed by atoms with Gasteiger partial charge < -0.3 is 10.1 Å². The van der Waals surface area contributed by atoms with Crippen molar-refractivity contribution in [3.05, 3.63) is 22.4 Å². The Hall–Kier alpha value is -0.420. The Bertz CT molecular complexity index is 296. The lowest BCUT2D eigenvalue weighted by Gasteiger charge is -2.26. The van der Waals surface area contributed by atoms with E-state index < -0.39 is 0 Å². The van der Waals surface area contributed by atoms with E-state index in [0.717, 1.165) is 32.8 Å². The first-order valence-corrected chi connectivity index (χ1v) is 7.31. The van der Waals surface area contributed by atoms with Crippen LogP contribution in [-0.4, -0.2) is 44.3 Å². The summed E-state index contributed by atoms with van der Waals surface area (Å²) < 4.78 is 5.34. The van der Waals surface area contributed by atoms with E-state index in [0.29, 0.717) is 6.04 Å². The molecule has 17 heavy (non-hydrogen) atoms. The molecule has 1 unspecified atom stereocenters. The van der Waals surface area contributed by atoms with Crippen LogP contribution in [0.2, 0.25) is 0 Å². The predicted octanol–water partition coefficient (Wildman–Crippen LogP) is 2.12. The van der Waals surface area contributed by atoms with Crippen molar-refractivity contribution in [3.63, 3.8) is 0 Å². The van der Waals surface area contributed by atoms with Gasteiger partial charge in [0.2, 0.25) is 0 Å². The van der Waals surface area contributed by atoms with Gasteiger partial charge in [0.1, 0.15) is 0 Å². The molecule has 0 saturated carbocycles. The molecule has 2 heterocycles. The number of hydrogen-bond donors (Lipinski definition) is 1. The summed E-state index contributed by atoms with van der Waals surface area (Å²) in [6, 6.07) is 4.80. The summed E-state index contributed by atoms with van der Waals surface area (Å²) in [6.45, 7) is 8.52. The number of morpholine rings is 1. The second-order valence-corrected chi connectivity index (χ2v) is 5.48. The number of nitrogens with one attached hydrogen (secondary N) is 1. The number of hydrogen-bond acceptors (Lipinski definition) is 4. The number of nitrogens with zero attached hydrogens (tertiary/aromatic N) is 1. The minimum Gasteiger partial charge on any atom is -0.379 e. The highest BCUT2D eigenvalue weighted by atomic mass is 32.1. The second kappa shape index (κ2) is 7.11. The quantitative estimate of drug-likeness (QED) is 0.787. The maximum atomic E-state index is 5.34. The van der Waals surface area contributed by atoms with Crippen molar-refractivity contribution in [2.75, 3.05) is 39.4 Å². The molecule has 1 fully saturated rings. The van der Waals surface area contributed by atoms with E-state index in [1.807, 2.05) is 11.3 Å². The maximum absolute atomic E-state index is 5.34. The molecular weight excluding hydrogens is 232 g/mol. The molecule has 1 N–H and O–H groups in total. The molecule has 3 nitrogen and oxygen atoms in total. The summed E-state index contributed by atoms with van der Waals surface area (Å²) >= 11 is 1.83. The Morgan fingerprint density at radius 3 is 3.00 bits per heavy atom. The lowest BCUT2D eigenvalue weighted by Crippen LogP contribution is -2.37. The molecule has 0 aliphatic carbocycles. The Kier molecular flexibility index (Phi) is 5.45. The van der Waals surface area contributed by atoms with E-state index in [9.17, 15) is 0 Å². The molecule has 0 aromatic carbocycles. The van der Waals surface area contributed by atoms with Gasteiger partial charge >= 0.3 is 0 Å². The summed E-state index contributed by atoms with van der Waals surface area (Å²) in [5.41, 5.74) is 0. The SMILES string of the molecule is CC(NCCCN1CCOCC1)c1cccs1. The number of thiophene rings is 1. The molecule has 0 amide bonds. The van der Waals surface area contributed by atoms with Crippen LogP contribution in [0.5, 0.6) is 0 Å². The van der Waals surface area contributed by atoms with Crippen LogP contribution in [0.4, 0.5) is 0 Å². The van der Waals surface area contributed by atoms with Gasteiger partial charge in [-0.3, -0.25) is 4.90 Å². The van der Waals surface area contributed by atoms with E-state index in [-0.39, 0.29) is 0 Å². The van der Waals surface area contributed by atoms with Gasteiger partial charge in [0.15, 0.2) is 0 Å². The van der Waals surface area contributed by atoms with Crippen LogP contribution < -0.4 is 5.32 Å². The smallest absolute Gasteiger partial charge is 0.0594 e. The fourth-order valence-electron chi connectivity index (χ4n) is 2.08. The van der Waals surface area contributed by atoms with E-state index in [4.69, 9.17) is 4.74 Å². The molecule has 96 valence electrons. The van der Waals surface area contributed by atoms with E-state index >= 15 is 0 Å². The number of rotatable bonds is 6. The first-order chi connectivity index (χ1) is 8.36. The van der Waals surface area contributed by atoms with Gasteiger partial charge in [-0.05, 0) is 37.9 Å². The molecule has 1 aliphatic rings. The lowest BCUT2D eigenvalue weighted by atomic mass is 10.2. The van der Waals surface area contributed by atoms with Crippen molar-refractivity contribution < 1.29 is 4.74 Å². The summed E-state index contributed by atoms with van der Waals surface area (Å²) in [5.74, 6) is 0. The zero-order chi connectivity index (χ0) is 11.9. The zero-order valence-electron chi connectivity index (χ0n) is 10.5. The van der Waals surface area contributed by atoms with Crippen molar-refractivity contribution in [1.82, 2.24) is 10.2 Å². The van der Waals surface area contributed by atoms with Gasteiger partial charge in [-0.1, -0.05) is 6.07 Å². The molecule has 0 bridgehead atoms. The molecule has 1 aromatic heterocycles. The van der Waals surface area contributed by atoms with E-state index in [1.54, 1.807) is 0 Å². The standard InChI is InChI=1S/C13H22N2OS/c1-12(13-4-2-11-17-13)14-5-3-6-15-7-9-16-10-8-15/h2,4,11-12,14H,3,5-10H2,1H3. The topological polar surface area (TPSA) is 24.5 Å². The van der Waals surface area contributed by atoms with Crippen molar-refractivity contribution in [1.29, 1.82) is 0 Å². The van der Waals surface area contributed by atoms with Gasteiger partial charge in [0.05, 0.1) is 13.2 Å². The molecule has 0 radical (unpaired) electrons. The highest BCUT2D eigenvalue weighted by Gasteiger charge is 2.10. The second-order valence-electron chi connectivity index (χ2n) is 4.50. The van der Waals surface area contributed by atoms with Gasteiger partial charge in [-0.2, -0.15) is 0 Å². The minimum atomic E-state index is 0.486. The Morgan fingerprint density at radius 2 is 2.29 bits per heavy atom. The zero-order valence-corrected chi connectivity index (χ0v) is 11.3. The van der Waals surface area contributed by atoms with Crippen LogP contribution in [0.25, 0.3) is 0 Å². The third-order valence-electron chi connectivity index (χ3n) is 3.18. The lowest BCUT2D eigenvalue weighted by molar-refractivity contribution is 0.0374. The van der Waals surface area contributed by atoms with Gasteiger partial charge in [0.25, 0.3) is 0 Å². The molecule has 4 heteroatoms. The maximum Gasteiger partial charge on any atom is 0.0594 e. The summed E-state index contributed by atoms with van der Waals surface area (Å²) in [7, 11) is 0. The fourth-order valence-corrected chi connectivity index (χ4v) is 2.84. The summed E-state index contributed by atoms with van der Waals surface area (Å²) in [5, 5.41) is 5.72. The van der Waals surface area contributed by atoms with Crippen LogP contribution in [-0.2, 0) is 4.74 Å². The fraction of sp³-hybridized carbons (Fsp3) is 0.692. The Labute approximate surface area is 108 Å². The molecular formula is C13H22N2OS. The van der Waals surface area contributed by atoms with Crippen LogP contribution in [0, 0.1) is 0 Å². The van der Waals surface area contributed by atoms with Crippen molar-refractivity contribution in [3.8, 4) is 0 Å². The monoisotopic (exact) mass is 254 g/mol. The molecule has 1 atom stereocenters. The van der Waals surface area contributed by atoms with Crippen LogP contribution >= 0.6 is 11.3 Å². The van der Waals surface area contributed by atoms with Gasteiger partial charge in [0, 0.05) is 24.0 Å². The van der Waals surface area contributed by atoms with Gasteiger partial charge in [-0.25, -0.2) is 0 Å². The molecule has 1 aromatic rings. The molecule has 1 aliphatic heterocycles. The Balaban J connectivity index is 1.56. The average molecular weight is 254 g/mol. The third-order valence-corrected chi connectivity index (χ3v) is 4.23. The molecule has 1 saturated heterocycles. The molecule has 0 spiro atoms. The Morgan fingerprint density at radius 1 is 1.47 bits per heavy atom. The van der Waals surface area contributed by atoms with Crippen LogP contribution in [0.3, 0.4) is 0 Å². The normalized spacial score (nSPS) is 19.4.